The molecule has 1 aliphatic carbocycles. The second-order valence-corrected chi connectivity index (χ2v) is 9.90. The number of nitrogens with zero attached hydrogens (tertiary/aromatic N) is 3. The maximum absolute atomic E-state index is 12.5. The van der Waals surface area contributed by atoms with E-state index in [0.29, 0.717) is 27.8 Å². The Morgan fingerprint density at radius 2 is 2.07 bits per heavy atom. The van der Waals surface area contributed by atoms with Crippen LogP contribution in [0.3, 0.4) is 0 Å². The van der Waals surface area contributed by atoms with Gasteiger partial charge in [0.05, 0.1) is 18.4 Å². The van der Waals surface area contributed by atoms with Crippen LogP contribution in [0, 0.1) is 0 Å². The molecule has 0 bridgehead atoms. The van der Waals surface area contributed by atoms with Gasteiger partial charge in [-0.05, 0) is 48.7 Å². The maximum Gasteiger partial charge on any atom is 0.268 e. The van der Waals surface area contributed by atoms with Gasteiger partial charge in [0.25, 0.3) is 5.56 Å². The second-order valence-electron chi connectivity index (χ2n) is 6.65. The van der Waals surface area contributed by atoms with Crippen LogP contribution in [0.2, 0.25) is 0 Å². The summed E-state index contributed by atoms with van der Waals surface area (Å²) < 4.78 is 6.70. The molecule has 5 rings (SSSR count). The predicted octanol–water partition coefficient (Wildman–Crippen LogP) is 4.38. The zero-order valence-electron chi connectivity index (χ0n) is 15.5. The van der Waals surface area contributed by atoms with Crippen molar-refractivity contribution in [2.24, 2.45) is 0 Å². The first kappa shape index (κ1) is 18.6. The molecule has 1 aromatic carbocycles. The van der Waals surface area contributed by atoms with E-state index in [9.17, 15) is 4.79 Å². The molecule has 0 aliphatic heterocycles. The SMILES string of the molecule is COc1ccc(-c2cc3nc(CSc4nnc(NC5CC5)s4)[nH]c(=O)c3s2)cc1. The maximum atomic E-state index is 12.5. The third-order valence-electron chi connectivity index (χ3n) is 4.45. The molecule has 0 atom stereocenters. The lowest BCUT2D eigenvalue weighted by molar-refractivity contribution is 0.415. The number of fused-ring (bicyclic) bond motifs is 1. The molecule has 4 aromatic rings. The van der Waals surface area contributed by atoms with Crippen LogP contribution in [0.4, 0.5) is 5.13 Å². The van der Waals surface area contributed by atoms with Crippen molar-refractivity contribution in [2.45, 2.75) is 29.0 Å². The molecule has 10 heteroatoms. The Kier molecular flexibility index (Phi) is 4.98. The average molecular weight is 444 g/mol. The van der Waals surface area contributed by atoms with Crippen LogP contribution in [0.5, 0.6) is 5.75 Å². The fraction of sp³-hybridized carbons (Fsp3) is 0.263. The highest BCUT2D eigenvalue weighted by Crippen LogP contribution is 2.33. The molecule has 1 saturated carbocycles. The summed E-state index contributed by atoms with van der Waals surface area (Å²) >= 11 is 4.51. The van der Waals surface area contributed by atoms with Crippen LogP contribution in [0.1, 0.15) is 18.7 Å². The number of thioether (sulfide) groups is 1. The molecule has 0 saturated heterocycles. The number of hydrogen-bond acceptors (Lipinski definition) is 9. The molecule has 148 valence electrons. The first-order valence-electron chi connectivity index (χ1n) is 9.08. The summed E-state index contributed by atoms with van der Waals surface area (Å²) in [6.45, 7) is 0. The Morgan fingerprint density at radius 1 is 1.24 bits per heavy atom. The number of benzene rings is 1. The first-order valence-corrected chi connectivity index (χ1v) is 11.7. The molecular formula is C19H17N5O2S3. The number of H-pyrrole nitrogens is 1. The van der Waals surface area contributed by atoms with Gasteiger partial charge in [0.2, 0.25) is 5.13 Å². The molecule has 0 spiro atoms. The lowest BCUT2D eigenvalue weighted by Gasteiger charge is -2.00. The summed E-state index contributed by atoms with van der Waals surface area (Å²) in [5.41, 5.74) is 1.64. The van der Waals surface area contributed by atoms with Crippen molar-refractivity contribution in [3.05, 3.63) is 46.5 Å². The fourth-order valence-electron chi connectivity index (χ4n) is 2.81. The van der Waals surface area contributed by atoms with Crippen LogP contribution >= 0.6 is 34.4 Å². The van der Waals surface area contributed by atoms with Crippen molar-refractivity contribution < 1.29 is 4.74 Å². The van der Waals surface area contributed by atoms with Gasteiger partial charge in [-0.3, -0.25) is 4.79 Å². The van der Waals surface area contributed by atoms with Gasteiger partial charge in [0, 0.05) is 10.9 Å². The standard InChI is InChI=1S/C19H17N5O2S3/c1-26-12-6-2-10(3-7-12)14-8-13-16(28-14)17(25)22-15(21-13)9-27-19-24-23-18(29-19)20-11-4-5-11/h2-3,6-8,11H,4-5,9H2,1H3,(H,20,23)(H,21,22,25). The van der Waals surface area contributed by atoms with E-state index in [2.05, 4.69) is 25.5 Å². The van der Waals surface area contributed by atoms with Gasteiger partial charge in [0.15, 0.2) is 4.34 Å². The summed E-state index contributed by atoms with van der Waals surface area (Å²) in [7, 11) is 1.64. The summed E-state index contributed by atoms with van der Waals surface area (Å²) in [6, 6.07) is 10.3. The largest absolute Gasteiger partial charge is 0.497 e. The van der Waals surface area contributed by atoms with Gasteiger partial charge < -0.3 is 15.0 Å². The molecule has 0 unspecified atom stereocenters. The van der Waals surface area contributed by atoms with Crippen molar-refractivity contribution in [3.63, 3.8) is 0 Å². The number of aromatic amines is 1. The number of thiophene rings is 1. The number of aromatic nitrogens is 4. The zero-order valence-corrected chi connectivity index (χ0v) is 17.9. The molecule has 3 aromatic heterocycles. The predicted molar refractivity (Wildman–Crippen MR) is 118 cm³/mol. The number of nitrogens with one attached hydrogen (secondary N) is 2. The van der Waals surface area contributed by atoms with Gasteiger partial charge in [-0.15, -0.1) is 21.5 Å². The number of rotatable bonds is 7. The minimum absolute atomic E-state index is 0.108. The van der Waals surface area contributed by atoms with Crippen molar-refractivity contribution in [2.75, 3.05) is 12.4 Å². The van der Waals surface area contributed by atoms with Gasteiger partial charge in [0.1, 0.15) is 16.3 Å². The molecule has 7 nitrogen and oxygen atoms in total. The van der Waals surface area contributed by atoms with E-state index in [1.54, 1.807) is 7.11 Å². The Hall–Kier alpha value is -2.43. The number of methoxy groups -OCH3 is 1. The van der Waals surface area contributed by atoms with Crippen molar-refractivity contribution in [3.8, 4) is 16.2 Å². The van der Waals surface area contributed by atoms with Gasteiger partial charge >= 0.3 is 0 Å². The molecule has 1 fully saturated rings. The molecule has 1 aliphatic rings. The van der Waals surface area contributed by atoms with Crippen LogP contribution in [-0.4, -0.2) is 33.3 Å². The van der Waals surface area contributed by atoms with Gasteiger partial charge in [-0.25, -0.2) is 4.98 Å². The van der Waals surface area contributed by atoms with Crippen molar-refractivity contribution in [1.29, 1.82) is 0 Å². The van der Waals surface area contributed by atoms with Crippen LogP contribution in [-0.2, 0) is 5.75 Å². The van der Waals surface area contributed by atoms with Crippen molar-refractivity contribution >= 4 is 49.8 Å². The number of hydrogen-bond donors (Lipinski definition) is 2. The Balaban J connectivity index is 1.34. The molecule has 0 radical (unpaired) electrons. The Bertz CT molecular complexity index is 1210. The molecule has 2 N–H and O–H groups in total. The average Bonchev–Trinajstić information content (AvgIpc) is 3.25. The van der Waals surface area contributed by atoms with Crippen molar-refractivity contribution in [1.82, 2.24) is 20.2 Å². The highest BCUT2D eigenvalue weighted by Gasteiger charge is 2.22. The first-order chi connectivity index (χ1) is 14.2. The molecule has 0 amide bonds. The fourth-order valence-corrected chi connectivity index (χ4v) is 5.51. The van der Waals surface area contributed by atoms with Crippen LogP contribution in [0.25, 0.3) is 20.7 Å². The van der Waals surface area contributed by atoms with Crippen LogP contribution < -0.4 is 15.6 Å². The van der Waals surface area contributed by atoms with E-state index in [0.717, 1.165) is 25.7 Å². The van der Waals surface area contributed by atoms with E-state index in [4.69, 9.17) is 4.74 Å². The highest BCUT2D eigenvalue weighted by molar-refractivity contribution is 8.00. The topological polar surface area (TPSA) is 92.8 Å². The smallest absolute Gasteiger partial charge is 0.268 e. The molecular weight excluding hydrogens is 426 g/mol. The van der Waals surface area contributed by atoms with Crippen LogP contribution in [0.15, 0.2) is 39.5 Å². The molecule has 3 heterocycles. The zero-order chi connectivity index (χ0) is 19.8. The Labute approximate surface area is 178 Å². The monoisotopic (exact) mass is 443 g/mol. The van der Waals surface area contributed by atoms with Gasteiger partial charge in [-0.1, -0.05) is 23.1 Å². The van der Waals surface area contributed by atoms with Gasteiger partial charge in [-0.2, -0.15) is 0 Å². The minimum Gasteiger partial charge on any atom is -0.497 e. The van der Waals surface area contributed by atoms with E-state index < -0.39 is 0 Å². The lowest BCUT2D eigenvalue weighted by atomic mass is 10.2. The van der Waals surface area contributed by atoms with E-state index in [1.807, 2.05) is 30.3 Å². The summed E-state index contributed by atoms with van der Waals surface area (Å²) in [4.78, 5) is 21.1. The minimum atomic E-state index is -0.108. The number of ether oxygens (including phenoxy) is 1. The Morgan fingerprint density at radius 3 is 2.83 bits per heavy atom. The van der Waals surface area contributed by atoms with E-state index in [1.165, 1.54) is 47.3 Å². The third-order valence-corrected chi connectivity index (χ3v) is 7.62. The third kappa shape index (κ3) is 4.14. The molecule has 29 heavy (non-hydrogen) atoms. The van der Waals surface area contributed by atoms with E-state index >= 15 is 0 Å². The summed E-state index contributed by atoms with van der Waals surface area (Å²) in [5.74, 6) is 1.98. The summed E-state index contributed by atoms with van der Waals surface area (Å²) in [6.07, 6.45) is 2.40. The lowest BCUT2D eigenvalue weighted by Crippen LogP contribution is -2.09. The van der Waals surface area contributed by atoms with E-state index in [-0.39, 0.29) is 5.56 Å². The summed E-state index contributed by atoms with van der Waals surface area (Å²) in [5, 5.41) is 12.6. The number of anilines is 1. The second kappa shape index (κ2) is 7.77. The quantitative estimate of drug-likeness (QED) is 0.410. The highest BCUT2D eigenvalue weighted by atomic mass is 32.2. The normalized spacial score (nSPS) is 13.7.